The average Bonchev–Trinajstić information content (AvgIpc) is 2.77. The highest BCUT2D eigenvalue weighted by Gasteiger charge is 2.11. The van der Waals surface area contributed by atoms with Crippen LogP contribution < -0.4 is 10.5 Å². The van der Waals surface area contributed by atoms with Crippen molar-refractivity contribution in [2.45, 2.75) is 6.54 Å². The molecule has 0 unspecified atom stereocenters. The second-order valence-corrected chi connectivity index (χ2v) is 5.03. The highest BCUT2D eigenvalue weighted by atomic mass is 79.9. The Morgan fingerprint density at radius 3 is 2.88 bits per heavy atom. The van der Waals surface area contributed by atoms with Gasteiger partial charge in [0.15, 0.2) is 5.01 Å². The summed E-state index contributed by atoms with van der Waals surface area (Å²) in [7, 11) is 1.64. The Hall–Kier alpha value is -0.980. The zero-order valence-corrected chi connectivity index (χ0v) is 11.0. The van der Waals surface area contributed by atoms with E-state index in [1.165, 1.54) is 11.3 Å². The Kier molecular flexibility index (Phi) is 3.52. The number of nitrogens with two attached hydrogens (primary N) is 1. The van der Waals surface area contributed by atoms with Gasteiger partial charge in [-0.05, 0) is 18.2 Å². The van der Waals surface area contributed by atoms with Gasteiger partial charge in [-0.15, -0.1) is 10.2 Å². The normalized spacial score (nSPS) is 10.4. The number of hydrogen-bond donors (Lipinski definition) is 1. The quantitative estimate of drug-likeness (QED) is 0.945. The van der Waals surface area contributed by atoms with E-state index in [2.05, 4.69) is 26.1 Å². The lowest BCUT2D eigenvalue weighted by molar-refractivity contribution is 0.416. The monoisotopic (exact) mass is 299 g/mol. The summed E-state index contributed by atoms with van der Waals surface area (Å²) in [4.78, 5) is 0. The van der Waals surface area contributed by atoms with Gasteiger partial charge in [-0.1, -0.05) is 27.3 Å². The third kappa shape index (κ3) is 2.23. The van der Waals surface area contributed by atoms with E-state index in [9.17, 15) is 0 Å². The van der Waals surface area contributed by atoms with Crippen molar-refractivity contribution in [3.8, 4) is 16.3 Å². The smallest absolute Gasteiger partial charge is 0.151 e. The van der Waals surface area contributed by atoms with Crippen molar-refractivity contribution in [2.75, 3.05) is 7.11 Å². The molecule has 6 heteroatoms. The van der Waals surface area contributed by atoms with Gasteiger partial charge in [-0.2, -0.15) is 0 Å². The van der Waals surface area contributed by atoms with E-state index in [1.54, 1.807) is 7.11 Å². The van der Waals surface area contributed by atoms with Crippen molar-refractivity contribution in [3.63, 3.8) is 0 Å². The van der Waals surface area contributed by atoms with E-state index in [4.69, 9.17) is 10.5 Å². The predicted octanol–water partition coefficient (Wildman–Crippen LogP) is 2.43. The van der Waals surface area contributed by atoms with Gasteiger partial charge in [0.05, 0.1) is 12.7 Å². The summed E-state index contributed by atoms with van der Waals surface area (Å²) in [5.41, 5.74) is 6.44. The van der Waals surface area contributed by atoms with Gasteiger partial charge < -0.3 is 10.5 Å². The van der Waals surface area contributed by atoms with Crippen LogP contribution in [0.1, 0.15) is 5.01 Å². The van der Waals surface area contributed by atoms with Crippen LogP contribution >= 0.6 is 27.3 Å². The molecule has 1 aromatic carbocycles. The van der Waals surface area contributed by atoms with Crippen LogP contribution in [0.15, 0.2) is 22.7 Å². The molecule has 0 amide bonds. The summed E-state index contributed by atoms with van der Waals surface area (Å²) in [6, 6.07) is 5.80. The minimum Gasteiger partial charge on any atom is -0.496 e. The molecule has 0 fully saturated rings. The number of nitrogens with zero attached hydrogens (tertiary/aromatic N) is 2. The SMILES string of the molecule is COc1cc(Br)ccc1-c1nnc(CN)s1. The van der Waals surface area contributed by atoms with Gasteiger partial charge >= 0.3 is 0 Å². The lowest BCUT2D eigenvalue weighted by Crippen LogP contribution is -1.94. The van der Waals surface area contributed by atoms with Crippen molar-refractivity contribution in [1.29, 1.82) is 0 Å². The highest BCUT2D eigenvalue weighted by Crippen LogP contribution is 2.33. The fourth-order valence-electron chi connectivity index (χ4n) is 1.29. The topological polar surface area (TPSA) is 61.0 Å². The minimum atomic E-state index is 0.413. The van der Waals surface area contributed by atoms with Gasteiger partial charge in [-0.3, -0.25) is 0 Å². The predicted molar refractivity (Wildman–Crippen MR) is 67.5 cm³/mol. The number of ether oxygens (including phenoxy) is 1. The van der Waals surface area contributed by atoms with Crippen LogP contribution in [0.3, 0.4) is 0 Å². The number of hydrogen-bond acceptors (Lipinski definition) is 5. The molecule has 2 N–H and O–H groups in total. The van der Waals surface area contributed by atoms with Gasteiger partial charge in [0.1, 0.15) is 10.8 Å². The molecule has 0 aliphatic heterocycles. The second kappa shape index (κ2) is 4.90. The van der Waals surface area contributed by atoms with E-state index in [0.29, 0.717) is 6.54 Å². The van der Waals surface area contributed by atoms with E-state index in [1.807, 2.05) is 18.2 Å². The Balaban J connectivity index is 2.46. The van der Waals surface area contributed by atoms with Gasteiger partial charge in [0.25, 0.3) is 0 Å². The largest absolute Gasteiger partial charge is 0.496 e. The number of methoxy groups -OCH3 is 1. The van der Waals surface area contributed by atoms with Gasteiger partial charge in [-0.25, -0.2) is 0 Å². The number of aromatic nitrogens is 2. The molecule has 1 aromatic heterocycles. The molecule has 0 atom stereocenters. The third-order valence-electron chi connectivity index (χ3n) is 2.04. The number of benzene rings is 1. The van der Waals surface area contributed by atoms with Crippen LogP contribution in [0.5, 0.6) is 5.75 Å². The summed E-state index contributed by atoms with van der Waals surface area (Å²) in [5.74, 6) is 0.772. The van der Waals surface area contributed by atoms with Crippen LogP contribution in [-0.4, -0.2) is 17.3 Å². The molecule has 2 aromatic rings. The fraction of sp³-hybridized carbons (Fsp3) is 0.200. The first-order valence-electron chi connectivity index (χ1n) is 4.61. The second-order valence-electron chi connectivity index (χ2n) is 3.05. The molecule has 4 nitrogen and oxygen atoms in total. The lowest BCUT2D eigenvalue weighted by atomic mass is 10.2. The minimum absolute atomic E-state index is 0.413. The lowest BCUT2D eigenvalue weighted by Gasteiger charge is -2.05. The van der Waals surface area contributed by atoms with Crippen LogP contribution in [0.4, 0.5) is 0 Å². The summed E-state index contributed by atoms with van der Waals surface area (Å²) in [6.45, 7) is 0.413. The summed E-state index contributed by atoms with van der Waals surface area (Å²) in [5, 5.41) is 9.72. The summed E-state index contributed by atoms with van der Waals surface area (Å²) in [6.07, 6.45) is 0. The first-order chi connectivity index (χ1) is 7.74. The molecule has 16 heavy (non-hydrogen) atoms. The molecule has 0 aliphatic carbocycles. The van der Waals surface area contributed by atoms with Crippen molar-refractivity contribution < 1.29 is 4.74 Å². The zero-order valence-electron chi connectivity index (χ0n) is 8.61. The number of halogens is 1. The van der Waals surface area contributed by atoms with Crippen LogP contribution in [0.2, 0.25) is 0 Å². The maximum absolute atomic E-state index is 5.51. The van der Waals surface area contributed by atoms with E-state index in [0.717, 1.165) is 25.8 Å². The molecule has 0 saturated heterocycles. The molecule has 0 saturated carbocycles. The number of rotatable bonds is 3. The standard InChI is InChI=1S/C10H10BrN3OS/c1-15-8-4-6(11)2-3-7(8)10-14-13-9(5-12)16-10/h2-4H,5,12H2,1H3. The molecular weight excluding hydrogens is 290 g/mol. The molecular formula is C10H10BrN3OS. The van der Waals surface area contributed by atoms with E-state index < -0.39 is 0 Å². The molecule has 0 spiro atoms. The van der Waals surface area contributed by atoms with Crippen LogP contribution in [-0.2, 0) is 6.54 Å². The third-order valence-corrected chi connectivity index (χ3v) is 3.51. The van der Waals surface area contributed by atoms with Crippen LogP contribution in [0, 0.1) is 0 Å². The van der Waals surface area contributed by atoms with Crippen LogP contribution in [0.25, 0.3) is 10.6 Å². The zero-order chi connectivity index (χ0) is 11.5. The molecule has 2 rings (SSSR count). The van der Waals surface area contributed by atoms with E-state index in [-0.39, 0.29) is 0 Å². The highest BCUT2D eigenvalue weighted by molar-refractivity contribution is 9.10. The van der Waals surface area contributed by atoms with Gasteiger partial charge in [0, 0.05) is 11.0 Å². The maximum atomic E-state index is 5.51. The molecule has 84 valence electrons. The first-order valence-corrected chi connectivity index (χ1v) is 6.22. The molecule has 0 aliphatic rings. The van der Waals surface area contributed by atoms with Crippen molar-refractivity contribution in [1.82, 2.24) is 10.2 Å². The Morgan fingerprint density at radius 2 is 2.25 bits per heavy atom. The Morgan fingerprint density at radius 1 is 1.44 bits per heavy atom. The molecule has 0 radical (unpaired) electrons. The summed E-state index contributed by atoms with van der Waals surface area (Å²) >= 11 is 4.87. The Labute approximate surface area is 106 Å². The van der Waals surface area contributed by atoms with Crippen molar-refractivity contribution >= 4 is 27.3 Å². The maximum Gasteiger partial charge on any atom is 0.151 e. The van der Waals surface area contributed by atoms with Gasteiger partial charge in [0.2, 0.25) is 0 Å². The summed E-state index contributed by atoms with van der Waals surface area (Å²) < 4.78 is 6.27. The molecule has 0 bridgehead atoms. The van der Waals surface area contributed by atoms with Crippen molar-refractivity contribution in [2.24, 2.45) is 5.73 Å². The molecule has 1 heterocycles. The Bertz CT molecular complexity index is 501. The van der Waals surface area contributed by atoms with E-state index >= 15 is 0 Å². The first kappa shape index (κ1) is 11.5. The fourth-order valence-corrected chi connectivity index (χ4v) is 2.38. The van der Waals surface area contributed by atoms with Crippen molar-refractivity contribution in [3.05, 3.63) is 27.7 Å². The average molecular weight is 300 g/mol.